The second-order valence-corrected chi connectivity index (χ2v) is 8.01. The minimum Gasteiger partial charge on any atom is -0.393 e. The van der Waals surface area contributed by atoms with Gasteiger partial charge in [0.1, 0.15) is 22.9 Å². The maximum atomic E-state index is 9.78. The first-order valence-electron chi connectivity index (χ1n) is 10.3. The molecule has 152 valence electrons. The van der Waals surface area contributed by atoms with Crippen LogP contribution in [0.2, 0.25) is 0 Å². The number of nitrogen functional groups attached to an aromatic ring is 1. The summed E-state index contributed by atoms with van der Waals surface area (Å²) in [5.41, 5.74) is 10.6. The van der Waals surface area contributed by atoms with Gasteiger partial charge in [-0.1, -0.05) is 42.5 Å². The highest BCUT2D eigenvalue weighted by Crippen LogP contribution is 2.39. The Morgan fingerprint density at radius 3 is 2.61 bits per heavy atom. The number of aromatic nitrogens is 5. The molecule has 2 aromatic carbocycles. The lowest BCUT2D eigenvalue weighted by Gasteiger charge is -2.30. The minimum absolute atomic E-state index is 0.213. The third-order valence-electron chi connectivity index (χ3n) is 5.98. The maximum Gasteiger partial charge on any atom is 0.159 e. The van der Waals surface area contributed by atoms with Crippen LogP contribution in [-0.2, 0) is 0 Å². The molecule has 0 atom stereocenters. The molecule has 3 aromatic heterocycles. The summed E-state index contributed by atoms with van der Waals surface area (Å²) in [5.74, 6) is 2.25. The van der Waals surface area contributed by atoms with Gasteiger partial charge in [-0.3, -0.25) is 4.40 Å². The zero-order valence-electron chi connectivity index (χ0n) is 16.7. The molecule has 1 fully saturated rings. The Morgan fingerprint density at radius 1 is 0.968 bits per heavy atom. The summed E-state index contributed by atoms with van der Waals surface area (Å²) < 4.78 is 2.01. The van der Waals surface area contributed by atoms with Gasteiger partial charge >= 0.3 is 0 Å². The number of aliphatic hydroxyl groups excluding tert-OH is 1. The van der Waals surface area contributed by atoms with Crippen LogP contribution in [0, 0.1) is 0 Å². The van der Waals surface area contributed by atoms with Crippen LogP contribution in [0.3, 0.4) is 0 Å². The number of nitrogens with two attached hydrogens (primary N) is 1. The number of aliphatic hydroxyl groups is 1. The van der Waals surface area contributed by atoms with E-state index in [0.717, 1.165) is 39.1 Å². The highest BCUT2D eigenvalue weighted by molar-refractivity contribution is 5.90. The largest absolute Gasteiger partial charge is 0.393 e. The molecule has 0 unspecified atom stereocenters. The molecule has 0 spiro atoms. The Bertz CT molecular complexity index is 1420. The molecule has 5 aromatic rings. The van der Waals surface area contributed by atoms with Gasteiger partial charge in [0.25, 0.3) is 0 Å². The SMILES string of the molecule is Nc1nccn2c(C3CC(O)C3)nc(-c3ccc4cnc(-c5ccccc5)nc4c3)c12. The number of imidazole rings is 1. The summed E-state index contributed by atoms with van der Waals surface area (Å²) in [5, 5.41) is 10.7. The van der Waals surface area contributed by atoms with Crippen molar-refractivity contribution in [2.45, 2.75) is 24.9 Å². The Kier molecular flexibility index (Phi) is 3.97. The number of nitrogens with zero attached hydrogens (tertiary/aromatic N) is 5. The molecule has 1 aliphatic rings. The minimum atomic E-state index is -0.256. The predicted octanol–water partition coefficient (Wildman–Crippen LogP) is 3.83. The Hall–Kier alpha value is -3.84. The highest BCUT2D eigenvalue weighted by atomic mass is 16.3. The van der Waals surface area contributed by atoms with Gasteiger partial charge in [0.15, 0.2) is 5.82 Å². The van der Waals surface area contributed by atoms with Crippen LogP contribution < -0.4 is 5.73 Å². The van der Waals surface area contributed by atoms with Gasteiger partial charge in [-0.2, -0.15) is 0 Å². The van der Waals surface area contributed by atoms with Gasteiger partial charge in [0, 0.05) is 41.0 Å². The molecule has 1 saturated carbocycles. The predicted molar refractivity (Wildman–Crippen MR) is 119 cm³/mol. The highest BCUT2D eigenvalue weighted by Gasteiger charge is 2.33. The van der Waals surface area contributed by atoms with Crippen LogP contribution in [-0.4, -0.2) is 35.5 Å². The fraction of sp³-hybridized carbons (Fsp3) is 0.167. The molecule has 3 heterocycles. The van der Waals surface area contributed by atoms with E-state index >= 15 is 0 Å². The molecule has 6 rings (SSSR count). The summed E-state index contributed by atoms with van der Waals surface area (Å²) in [6, 6.07) is 16.0. The van der Waals surface area contributed by atoms with Gasteiger partial charge in [0.2, 0.25) is 0 Å². The second-order valence-electron chi connectivity index (χ2n) is 8.01. The number of anilines is 1. The fourth-order valence-corrected chi connectivity index (χ4v) is 4.27. The van der Waals surface area contributed by atoms with Crippen molar-refractivity contribution >= 4 is 22.2 Å². The maximum absolute atomic E-state index is 9.78. The van der Waals surface area contributed by atoms with E-state index in [1.165, 1.54) is 0 Å². The number of hydrogen-bond donors (Lipinski definition) is 2. The van der Waals surface area contributed by atoms with E-state index in [0.29, 0.717) is 24.5 Å². The molecule has 0 aliphatic heterocycles. The summed E-state index contributed by atoms with van der Waals surface area (Å²) >= 11 is 0. The molecule has 7 heteroatoms. The number of hydrogen-bond acceptors (Lipinski definition) is 6. The average Bonchev–Trinajstić information content (AvgIpc) is 3.17. The monoisotopic (exact) mass is 408 g/mol. The van der Waals surface area contributed by atoms with Crippen LogP contribution in [0.15, 0.2) is 67.1 Å². The molecule has 0 amide bonds. The van der Waals surface area contributed by atoms with Crippen molar-refractivity contribution in [2.75, 3.05) is 5.73 Å². The van der Waals surface area contributed by atoms with Crippen LogP contribution >= 0.6 is 0 Å². The number of benzene rings is 2. The van der Waals surface area contributed by atoms with Crippen molar-refractivity contribution in [3.05, 3.63) is 72.9 Å². The van der Waals surface area contributed by atoms with Gasteiger partial charge in [-0.25, -0.2) is 19.9 Å². The quantitative estimate of drug-likeness (QED) is 0.470. The van der Waals surface area contributed by atoms with Crippen molar-refractivity contribution in [1.29, 1.82) is 0 Å². The Morgan fingerprint density at radius 2 is 1.81 bits per heavy atom. The van der Waals surface area contributed by atoms with Crippen LogP contribution in [0.25, 0.3) is 39.1 Å². The van der Waals surface area contributed by atoms with E-state index in [2.05, 4.69) is 9.97 Å². The average molecular weight is 408 g/mol. The van der Waals surface area contributed by atoms with E-state index in [1.807, 2.05) is 65.3 Å². The molecule has 7 nitrogen and oxygen atoms in total. The topological polar surface area (TPSA) is 102 Å². The molecule has 0 saturated heterocycles. The fourth-order valence-electron chi connectivity index (χ4n) is 4.27. The third kappa shape index (κ3) is 2.93. The first kappa shape index (κ1) is 18.0. The zero-order chi connectivity index (χ0) is 20.9. The molecule has 1 aliphatic carbocycles. The van der Waals surface area contributed by atoms with Gasteiger partial charge in [-0.15, -0.1) is 0 Å². The summed E-state index contributed by atoms with van der Waals surface area (Å²) in [7, 11) is 0. The standard InChI is InChI=1S/C24H20N6O/c25-22-21-20(29-24(17-10-18(31)11-17)30(21)9-8-26-22)15-6-7-16-13-27-23(28-19(16)12-15)14-4-2-1-3-5-14/h1-9,12-13,17-18,31H,10-11H2,(H2,25,26). The second kappa shape index (κ2) is 6.85. The van der Waals surface area contributed by atoms with Crippen molar-refractivity contribution in [3.63, 3.8) is 0 Å². The normalized spacial score (nSPS) is 18.4. The van der Waals surface area contributed by atoms with Gasteiger partial charge in [-0.05, 0) is 18.9 Å². The van der Waals surface area contributed by atoms with Gasteiger partial charge < -0.3 is 10.8 Å². The summed E-state index contributed by atoms with van der Waals surface area (Å²) in [6.07, 6.45) is 6.59. The first-order chi connectivity index (χ1) is 15.2. The first-order valence-corrected chi connectivity index (χ1v) is 10.3. The molecular weight excluding hydrogens is 388 g/mol. The zero-order valence-corrected chi connectivity index (χ0v) is 16.7. The van der Waals surface area contributed by atoms with Crippen molar-refractivity contribution in [3.8, 4) is 22.6 Å². The van der Waals surface area contributed by atoms with Crippen molar-refractivity contribution in [1.82, 2.24) is 24.3 Å². The summed E-state index contributed by atoms with van der Waals surface area (Å²) in [6.45, 7) is 0. The number of rotatable bonds is 3. The molecular formula is C24H20N6O. The lowest BCUT2D eigenvalue weighted by Crippen LogP contribution is -2.27. The molecule has 31 heavy (non-hydrogen) atoms. The third-order valence-corrected chi connectivity index (χ3v) is 5.98. The Labute approximate surface area is 178 Å². The van der Waals surface area contributed by atoms with Crippen LogP contribution in [0.5, 0.6) is 0 Å². The molecule has 0 bridgehead atoms. The van der Waals surface area contributed by atoms with E-state index in [4.69, 9.17) is 15.7 Å². The van der Waals surface area contributed by atoms with E-state index in [-0.39, 0.29) is 12.0 Å². The lowest BCUT2D eigenvalue weighted by atomic mass is 9.82. The van der Waals surface area contributed by atoms with E-state index < -0.39 is 0 Å². The molecule has 0 radical (unpaired) electrons. The van der Waals surface area contributed by atoms with Crippen molar-refractivity contribution < 1.29 is 5.11 Å². The van der Waals surface area contributed by atoms with Crippen LogP contribution in [0.1, 0.15) is 24.6 Å². The van der Waals surface area contributed by atoms with E-state index in [1.54, 1.807) is 6.20 Å². The molecule has 3 N–H and O–H groups in total. The number of fused-ring (bicyclic) bond motifs is 2. The summed E-state index contributed by atoms with van der Waals surface area (Å²) in [4.78, 5) is 18.5. The van der Waals surface area contributed by atoms with E-state index in [9.17, 15) is 5.11 Å². The van der Waals surface area contributed by atoms with Crippen LogP contribution in [0.4, 0.5) is 5.82 Å². The Balaban J connectivity index is 1.51. The lowest BCUT2D eigenvalue weighted by molar-refractivity contribution is 0.0715. The van der Waals surface area contributed by atoms with Gasteiger partial charge in [0.05, 0.1) is 11.6 Å². The smallest absolute Gasteiger partial charge is 0.159 e. The van der Waals surface area contributed by atoms with Crippen molar-refractivity contribution in [2.24, 2.45) is 0 Å².